The summed E-state index contributed by atoms with van der Waals surface area (Å²) in [6, 6.07) is 8.01. The summed E-state index contributed by atoms with van der Waals surface area (Å²) in [6.07, 6.45) is 0.173. The third-order valence-electron chi connectivity index (χ3n) is 4.51. The third kappa shape index (κ3) is 2.60. The van der Waals surface area contributed by atoms with Gasteiger partial charge in [0.25, 0.3) is 0 Å². The van der Waals surface area contributed by atoms with Crippen molar-refractivity contribution in [2.45, 2.75) is 58.3 Å². The van der Waals surface area contributed by atoms with Crippen LogP contribution in [0.2, 0.25) is 0 Å². The minimum Gasteiger partial charge on any atom is -0.458 e. The average molecular weight is 288 g/mol. The second-order valence-electron chi connectivity index (χ2n) is 7.41. The van der Waals surface area contributed by atoms with Crippen LogP contribution in [0.4, 0.5) is 0 Å². The van der Waals surface area contributed by atoms with Crippen LogP contribution in [0.3, 0.4) is 0 Å². The van der Waals surface area contributed by atoms with E-state index in [0.717, 1.165) is 17.4 Å². The van der Waals surface area contributed by atoms with E-state index in [1.807, 2.05) is 32.0 Å². The number of aliphatic hydroxyl groups is 1. The molecule has 3 heteroatoms. The van der Waals surface area contributed by atoms with E-state index in [4.69, 9.17) is 9.15 Å². The maximum absolute atomic E-state index is 10.8. The number of furan rings is 1. The molecule has 2 unspecified atom stereocenters. The van der Waals surface area contributed by atoms with E-state index < -0.39 is 6.10 Å². The number of fused-ring (bicyclic) bond motifs is 1. The molecule has 1 saturated heterocycles. The minimum atomic E-state index is -0.644. The number of aliphatic hydroxyl groups excluding tert-OH is 1. The smallest absolute Gasteiger partial charge is 0.134 e. The van der Waals surface area contributed by atoms with E-state index in [1.165, 1.54) is 5.56 Å². The molecule has 3 nitrogen and oxygen atoms in total. The Morgan fingerprint density at radius 3 is 2.52 bits per heavy atom. The topological polar surface area (TPSA) is 42.6 Å². The molecular formula is C18H24O3. The Bertz CT molecular complexity index is 666. The fraction of sp³-hybridized carbons (Fsp3) is 0.556. The summed E-state index contributed by atoms with van der Waals surface area (Å²) in [4.78, 5) is 0. The van der Waals surface area contributed by atoms with Crippen molar-refractivity contribution >= 4 is 11.0 Å². The Morgan fingerprint density at radius 1 is 1.19 bits per heavy atom. The molecule has 114 valence electrons. The quantitative estimate of drug-likeness (QED) is 0.892. The van der Waals surface area contributed by atoms with Crippen molar-refractivity contribution in [1.82, 2.24) is 0 Å². The first kappa shape index (κ1) is 14.6. The fourth-order valence-electron chi connectivity index (χ4n) is 3.62. The van der Waals surface area contributed by atoms with Gasteiger partial charge in [-0.15, -0.1) is 0 Å². The lowest BCUT2D eigenvalue weighted by Crippen LogP contribution is -2.32. The third-order valence-corrected chi connectivity index (χ3v) is 4.51. The second-order valence-corrected chi connectivity index (χ2v) is 7.41. The maximum Gasteiger partial charge on any atom is 0.134 e. The lowest BCUT2D eigenvalue weighted by Gasteiger charge is -2.29. The van der Waals surface area contributed by atoms with Gasteiger partial charge < -0.3 is 14.3 Å². The zero-order valence-electron chi connectivity index (χ0n) is 13.4. The first-order valence-electron chi connectivity index (χ1n) is 7.56. The molecule has 3 rings (SSSR count). The number of benzene rings is 1. The molecule has 21 heavy (non-hydrogen) atoms. The zero-order valence-corrected chi connectivity index (χ0v) is 13.4. The minimum absolute atomic E-state index is 0.0224. The van der Waals surface area contributed by atoms with E-state index >= 15 is 0 Å². The number of hydrogen-bond acceptors (Lipinski definition) is 3. The van der Waals surface area contributed by atoms with Crippen molar-refractivity contribution in [3.05, 3.63) is 35.6 Å². The first-order valence-corrected chi connectivity index (χ1v) is 7.56. The average Bonchev–Trinajstić information content (AvgIpc) is 2.85. The summed E-state index contributed by atoms with van der Waals surface area (Å²) in [5.74, 6) is 0.657. The molecule has 2 aromatic rings. The highest BCUT2D eigenvalue weighted by Crippen LogP contribution is 2.48. The van der Waals surface area contributed by atoms with Gasteiger partial charge >= 0.3 is 0 Å². The van der Waals surface area contributed by atoms with Gasteiger partial charge in [0.1, 0.15) is 17.4 Å². The molecule has 1 fully saturated rings. The van der Waals surface area contributed by atoms with Crippen molar-refractivity contribution in [2.75, 3.05) is 0 Å². The molecule has 2 heterocycles. The van der Waals surface area contributed by atoms with Gasteiger partial charge in [-0.3, -0.25) is 0 Å². The van der Waals surface area contributed by atoms with Gasteiger partial charge in [0.05, 0.1) is 11.2 Å². The predicted molar refractivity (Wildman–Crippen MR) is 83.3 cm³/mol. The lowest BCUT2D eigenvalue weighted by atomic mass is 9.82. The Hall–Kier alpha value is -1.32. The number of ether oxygens (including phenoxy) is 1. The number of aryl methyl sites for hydroxylation is 1. The Kier molecular flexibility index (Phi) is 3.19. The van der Waals surface area contributed by atoms with Crippen molar-refractivity contribution in [3.8, 4) is 0 Å². The summed E-state index contributed by atoms with van der Waals surface area (Å²) < 4.78 is 11.9. The summed E-state index contributed by atoms with van der Waals surface area (Å²) in [7, 11) is 0. The SMILES string of the molecule is Cc1ccc2oc(C(O)C3CC(C)(C)OC3(C)C)cc2c1. The zero-order chi connectivity index (χ0) is 15.4. The largest absolute Gasteiger partial charge is 0.458 e. The van der Waals surface area contributed by atoms with Gasteiger partial charge in [-0.2, -0.15) is 0 Å². The van der Waals surface area contributed by atoms with Crippen LogP contribution in [0.5, 0.6) is 0 Å². The summed E-state index contributed by atoms with van der Waals surface area (Å²) >= 11 is 0. The Morgan fingerprint density at radius 2 is 1.90 bits per heavy atom. The van der Waals surface area contributed by atoms with Crippen LogP contribution in [-0.4, -0.2) is 16.3 Å². The number of hydrogen-bond donors (Lipinski definition) is 1. The van der Waals surface area contributed by atoms with Gasteiger partial charge in [-0.25, -0.2) is 0 Å². The van der Waals surface area contributed by atoms with Crippen LogP contribution in [-0.2, 0) is 4.74 Å². The van der Waals surface area contributed by atoms with E-state index in [9.17, 15) is 5.11 Å². The monoisotopic (exact) mass is 288 g/mol. The van der Waals surface area contributed by atoms with Gasteiger partial charge in [0.2, 0.25) is 0 Å². The standard InChI is InChI=1S/C18H24O3/c1-11-6-7-14-12(8-11)9-15(20-14)16(19)13-10-17(2,3)21-18(13,4)5/h6-9,13,16,19H,10H2,1-5H3. The maximum atomic E-state index is 10.8. The van der Waals surface area contributed by atoms with Crippen LogP contribution >= 0.6 is 0 Å². The Labute approximate surface area is 125 Å². The van der Waals surface area contributed by atoms with Crippen LogP contribution in [0.15, 0.2) is 28.7 Å². The van der Waals surface area contributed by atoms with Crippen molar-refractivity contribution in [2.24, 2.45) is 5.92 Å². The second kappa shape index (κ2) is 4.59. The highest BCUT2D eigenvalue weighted by molar-refractivity contribution is 5.78. The Balaban J connectivity index is 1.95. The molecule has 0 amide bonds. The van der Waals surface area contributed by atoms with E-state index in [1.54, 1.807) is 0 Å². The van der Waals surface area contributed by atoms with Crippen LogP contribution in [0, 0.1) is 12.8 Å². The molecule has 1 aromatic heterocycles. The van der Waals surface area contributed by atoms with Crippen LogP contribution < -0.4 is 0 Å². The molecule has 0 spiro atoms. The van der Waals surface area contributed by atoms with Crippen LogP contribution in [0.1, 0.15) is 51.5 Å². The molecule has 0 bridgehead atoms. The summed E-state index contributed by atoms with van der Waals surface area (Å²) in [5.41, 5.74) is 1.44. The molecule has 1 aliphatic rings. The predicted octanol–water partition coefficient (Wildman–Crippen LogP) is 4.37. The van der Waals surface area contributed by atoms with Crippen molar-refractivity contribution in [1.29, 1.82) is 0 Å². The van der Waals surface area contributed by atoms with Crippen LogP contribution in [0.25, 0.3) is 11.0 Å². The molecule has 0 radical (unpaired) electrons. The highest BCUT2D eigenvalue weighted by atomic mass is 16.5. The number of rotatable bonds is 2. The molecule has 1 aliphatic heterocycles. The molecule has 2 atom stereocenters. The van der Waals surface area contributed by atoms with E-state index in [2.05, 4.69) is 26.8 Å². The van der Waals surface area contributed by atoms with Crippen molar-refractivity contribution in [3.63, 3.8) is 0 Å². The molecule has 0 saturated carbocycles. The van der Waals surface area contributed by atoms with E-state index in [0.29, 0.717) is 5.76 Å². The fourth-order valence-corrected chi connectivity index (χ4v) is 3.62. The molecule has 1 N–H and O–H groups in total. The lowest BCUT2D eigenvalue weighted by molar-refractivity contribution is -0.0897. The van der Waals surface area contributed by atoms with Crippen molar-refractivity contribution < 1.29 is 14.3 Å². The first-order chi connectivity index (χ1) is 9.68. The normalized spacial score (nSPS) is 25.3. The van der Waals surface area contributed by atoms with Gasteiger partial charge in [0, 0.05) is 11.3 Å². The van der Waals surface area contributed by atoms with Gasteiger partial charge in [-0.1, -0.05) is 11.6 Å². The summed E-state index contributed by atoms with van der Waals surface area (Å²) in [5, 5.41) is 11.8. The molecule has 0 aliphatic carbocycles. The molecular weight excluding hydrogens is 264 g/mol. The van der Waals surface area contributed by atoms with Gasteiger partial charge in [-0.05, 0) is 59.2 Å². The van der Waals surface area contributed by atoms with Gasteiger partial charge in [0.15, 0.2) is 0 Å². The molecule has 1 aromatic carbocycles. The highest BCUT2D eigenvalue weighted by Gasteiger charge is 2.49. The summed E-state index contributed by atoms with van der Waals surface area (Å²) in [6.45, 7) is 10.3. The van der Waals surface area contributed by atoms with E-state index in [-0.39, 0.29) is 17.1 Å².